The highest BCUT2D eigenvalue weighted by atomic mass is 16.5. The number of nitrogens with one attached hydrogen (secondary N) is 1. The molecule has 0 unspecified atom stereocenters. The first kappa shape index (κ1) is 13.9. The fraction of sp³-hybridized carbons (Fsp3) is 0.692. The maximum atomic E-state index is 12.4. The second-order valence-electron chi connectivity index (χ2n) is 5.79. The number of nitrogens with zero attached hydrogens (tertiary/aromatic N) is 2. The van der Waals surface area contributed by atoms with Crippen molar-refractivity contribution in [1.29, 1.82) is 5.41 Å². The van der Waals surface area contributed by atoms with Crippen molar-refractivity contribution in [3.8, 4) is 0 Å². The molecule has 0 aromatic heterocycles. The molecule has 1 atom stereocenters. The molecule has 0 radical (unpaired) electrons. The van der Waals surface area contributed by atoms with Crippen LogP contribution in [0.3, 0.4) is 0 Å². The summed E-state index contributed by atoms with van der Waals surface area (Å²) in [6.45, 7) is 5.64. The number of nitrogens with two attached hydrogens (primary N) is 1. The number of amides is 1. The number of likely N-dealkylation sites (N-methyl/N-ethyl adjacent to an activating group) is 1. The predicted molar refractivity (Wildman–Crippen MR) is 72.5 cm³/mol. The van der Waals surface area contributed by atoms with Gasteiger partial charge in [0.15, 0.2) is 0 Å². The number of amidine groups is 1. The first-order valence-electron chi connectivity index (χ1n) is 6.52. The van der Waals surface area contributed by atoms with Crippen LogP contribution in [0.5, 0.6) is 0 Å². The number of carbonyl (C=O) groups is 1. The van der Waals surface area contributed by atoms with Gasteiger partial charge in [0.2, 0.25) is 5.91 Å². The van der Waals surface area contributed by atoms with Crippen LogP contribution < -0.4 is 5.73 Å². The molecule has 6 nitrogen and oxygen atoms in total. The highest BCUT2D eigenvalue weighted by Crippen LogP contribution is 2.30. The topological polar surface area (TPSA) is 82.7 Å². The van der Waals surface area contributed by atoms with Gasteiger partial charge in [0.25, 0.3) is 0 Å². The smallest absolute Gasteiger partial charge is 0.234 e. The van der Waals surface area contributed by atoms with Gasteiger partial charge in [-0.25, -0.2) is 0 Å². The van der Waals surface area contributed by atoms with E-state index in [0.29, 0.717) is 31.3 Å². The standard InChI is InChI=1S/C13H22N4O2/c1-13(2)8-17(9-4-5-19-7-9)11(15)10(6-14)16(3)12(13)18/h6,9,15H,4-5,7-8,14H2,1-3H3/b10-6+,15-11?/t9-/m1/s1. The van der Waals surface area contributed by atoms with Gasteiger partial charge in [-0.15, -0.1) is 0 Å². The number of carbonyl (C=O) groups excluding carboxylic acids is 1. The largest absolute Gasteiger partial charge is 0.403 e. The molecule has 0 saturated carbocycles. The first-order valence-corrected chi connectivity index (χ1v) is 6.52. The lowest BCUT2D eigenvalue weighted by Gasteiger charge is -2.33. The van der Waals surface area contributed by atoms with E-state index in [1.165, 1.54) is 11.1 Å². The van der Waals surface area contributed by atoms with Gasteiger partial charge >= 0.3 is 0 Å². The molecule has 0 bridgehead atoms. The summed E-state index contributed by atoms with van der Waals surface area (Å²) in [4.78, 5) is 15.9. The van der Waals surface area contributed by atoms with Crippen LogP contribution in [0.15, 0.2) is 11.9 Å². The van der Waals surface area contributed by atoms with Crippen LogP contribution in [0.4, 0.5) is 0 Å². The average molecular weight is 266 g/mol. The van der Waals surface area contributed by atoms with Crippen LogP contribution >= 0.6 is 0 Å². The van der Waals surface area contributed by atoms with E-state index in [9.17, 15) is 4.79 Å². The van der Waals surface area contributed by atoms with Crippen molar-refractivity contribution in [3.05, 3.63) is 11.9 Å². The highest BCUT2D eigenvalue weighted by Gasteiger charge is 2.42. The summed E-state index contributed by atoms with van der Waals surface area (Å²) in [5.41, 5.74) is 5.52. The summed E-state index contributed by atoms with van der Waals surface area (Å²) in [7, 11) is 1.67. The normalized spacial score (nSPS) is 30.1. The van der Waals surface area contributed by atoms with Gasteiger partial charge in [-0.05, 0) is 20.3 Å². The molecule has 19 heavy (non-hydrogen) atoms. The second kappa shape index (κ2) is 4.85. The third kappa shape index (κ3) is 2.32. The molecule has 2 saturated heterocycles. The van der Waals surface area contributed by atoms with Crippen LogP contribution in [0, 0.1) is 10.8 Å². The molecule has 3 N–H and O–H groups in total. The molecule has 6 heteroatoms. The molecule has 106 valence electrons. The predicted octanol–water partition coefficient (Wildman–Crippen LogP) is 0.353. The third-order valence-electron chi connectivity index (χ3n) is 3.84. The monoisotopic (exact) mass is 266 g/mol. The van der Waals surface area contributed by atoms with Gasteiger partial charge in [-0.2, -0.15) is 0 Å². The molecular formula is C13H22N4O2. The van der Waals surface area contributed by atoms with Gasteiger partial charge in [-0.3, -0.25) is 10.2 Å². The highest BCUT2D eigenvalue weighted by molar-refractivity contribution is 6.02. The van der Waals surface area contributed by atoms with E-state index in [4.69, 9.17) is 15.9 Å². The molecule has 0 spiro atoms. The summed E-state index contributed by atoms with van der Waals surface area (Å²) >= 11 is 0. The number of hydrogen-bond acceptors (Lipinski definition) is 4. The van der Waals surface area contributed by atoms with Crippen LogP contribution in [0.1, 0.15) is 20.3 Å². The van der Waals surface area contributed by atoms with Crippen molar-refractivity contribution >= 4 is 11.7 Å². The van der Waals surface area contributed by atoms with E-state index >= 15 is 0 Å². The van der Waals surface area contributed by atoms with Crippen LogP contribution in [-0.4, -0.2) is 54.4 Å². The summed E-state index contributed by atoms with van der Waals surface area (Å²) in [5, 5.41) is 8.33. The van der Waals surface area contributed by atoms with E-state index in [1.54, 1.807) is 7.05 Å². The summed E-state index contributed by atoms with van der Waals surface area (Å²) in [6, 6.07) is 0.154. The summed E-state index contributed by atoms with van der Waals surface area (Å²) in [5.74, 6) is 0.287. The molecule has 0 aromatic rings. The van der Waals surface area contributed by atoms with E-state index in [0.717, 1.165) is 6.42 Å². The molecule has 2 heterocycles. The van der Waals surface area contributed by atoms with Crippen LogP contribution in [-0.2, 0) is 9.53 Å². The first-order chi connectivity index (χ1) is 8.88. The van der Waals surface area contributed by atoms with Crippen molar-refractivity contribution in [1.82, 2.24) is 9.80 Å². The van der Waals surface area contributed by atoms with Crippen molar-refractivity contribution in [2.24, 2.45) is 11.1 Å². The van der Waals surface area contributed by atoms with Gasteiger partial charge in [0.05, 0.1) is 18.1 Å². The van der Waals surface area contributed by atoms with Crippen molar-refractivity contribution < 1.29 is 9.53 Å². The van der Waals surface area contributed by atoms with E-state index < -0.39 is 5.41 Å². The second-order valence-corrected chi connectivity index (χ2v) is 5.79. The van der Waals surface area contributed by atoms with Crippen LogP contribution in [0.25, 0.3) is 0 Å². The zero-order valence-corrected chi connectivity index (χ0v) is 11.8. The Hall–Kier alpha value is -1.56. The number of hydrogen-bond donors (Lipinski definition) is 2. The van der Waals surface area contributed by atoms with Crippen molar-refractivity contribution in [2.75, 3.05) is 26.8 Å². The average Bonchev–Trinajstić information content (AvgIpc) is 2.86. The maximum Gasteiger partial charge on any atom is 0.234 e. The quantitative estimate of drug-likeness (QED) is 0.717. The van der Waals surface area contributed by atoms with E-state index in [2.05, 4.69) is 0 Å². The molecule has 1 amide bonds. The Bertz CT molecular complexity index is 424. The zero-order valence-electron chi connectivity index (χ0n) is 11.8. The lowest BCUT2D eigenvalue weighted by atomic mass is 9.91. The van der Waals surface area contributed by atoms with E-state index in [1.807, 2.05) is 18.7 Å². The number of rotatable bonds is 1. The molecule has 0 aromatic carbocycles. The lowest BCUT2D eigenvalue weighted by molar-refractivity contribution is -0.136. The molecule has 2 aliphatic rings. The maximum absolute atomic E-state index is 12.4. The Morgan fingerprint density at radius 2 is 2.21 bits per heavy atom. The molecule has 2 fully saturated rings. The minimum Gasteiger partial charge on any atom is -0.403 e. The fourth-order valence-corrected chi connectivity index (χ4v) is 2.71. The van der Waals surface area contributed by atoms with Crippen molar-refractivity contribution in [2.45, 2.75) is 26.3 Å². The van der Waals surface area contributed by atoms with Crippen LogP contribution in [0.2, 0.25) is 0 Å². The van der Waals surface area contributed by atoms with E-state index in [-0.39, 0.29) is 11.9 Å². The Labute approximate surface area is 113 Å². The Balaban J connectivity index is 2.38. The summed E-state index contributed by atoms with van der Waals surface area (Å²) in [6.07, 6.45) is 2.22. The molecule has 2 rings (SSSR count). The van der Waals surface area contributed by atoms with Gasteiger partial charge < -0.3 is 20.3 Å². The Morgan fingerprint density at radius 3 is 2.74 bits per heavy atom. The molecule has 0 aliphatic carbocycles. The third-order valence-corrected chi connectivity index (χ3v) is 3.84. The zero-order chi connectivity index (χ0) is 14.2. The van der Waals surface area contributed by atoms with Gasteiger partial charge in [-0.1, -0.05) is 0 Å². The minimum absolute atomic E-state index is 0.0182. The SMILES string of the molecule is CN1C(=O)C(C)(C)CN([C@@H]2CCOC2)C(=N)/C1=C\N. The Morgan fingerprint density at radius 1 is 1.53 bits per heavy atom. The van der Waals surface area contributed by atoms with Gasteiger partial charge in [0.1, 0.15) is 11.5 Å². The Kier molecular flexibility index (Phi) is 3.54. The van der Waals surface area contributed by atoms with Crippen molar-refractivity contribution in [3.63, 3.8) is 0 Å². The summed E-state index contributed by atoms with van der Waals surface area (Å²) < 4.78 is 5.40. The fourth-order valence-electron chi connectivity index (χ4n) is 2.71. The number of ether oxygens (including phenoxy) is 1. The molecule has 2 aliphatic heterocycles. The molecular weight excluding hydrogens is 244 g/mol. The lowest BCUT2D eigenvalue weighted by Crippen LogP contribution is -2.45. The van der Waals surface area contributed by atoms with Gasteiger partial charge in [0, 0.05) is 26.4 Å². The minimum atomic E-state index is -0.547.